The lowest BCUT2D eigenvalue weighted by molar-refractivity contribution is -0.117. The molecule has 0 aliphatic heterocycles. The predicted octanol–water partition coefficient (Wildman–Crippen LogP) is 0.821. The monoisotopic (exact) mass is 225 g/mol. The van der Waals surface area contributed by atoms with Crippen molar-refractivity contribution in [1.82, 2.24) is 5.32 Å². The van der Waals surface area contributed by atoms with E-state index in [9.17, 15) is 14.0 Å². The summed E-state index contributed by atoms with van der Waals surface area (Å²) in [5.41, 5.74) is 5.18. The van der Waals surface area contributed by atoms with Crippen LogP contribution in [0, 0.1) is 5.82 Å². The van der Waals surface area contributed by atoms with Crippen LogP contribution >= 0.6 is 0 Å². The molecule has 0 fully saturated rings. The minimum absolute atomic E-state index is 0.322. The number of nitrogens with one attached hydrogen (secondary N) is 2. The van der Waals surface area contributed by atoms with Crippen molar-refractivity contribution in [3.63, 3.8) is 0 Å². The van der Waals surface area contributed by atoms with Crippen LogP contribution in [0.15, 0.2) is 24.3 Å². The Morgan fingerprint density at radius 3 is 2.69 bits per heavy atom. The van der Waals surface area contributed by atoms with Gasteiger partial charge in [-0.1, -0.05) is 6.07 Å². The second-order valence-electron chi connectivity index (χ2n) is 3.23. The van der Waals surface area contributed by atoms with Crippen LogP contribution in [0.1, 0.15) is 6.92 Å². The van der Waals surface area contributed by atoms with Crippen molar-refractivity contribution in [3.8, 4) is 0 Å². The lowest BCUT2D eigenvalue weighted by Gasteiger charge is -2.12. The largest absolute Gasteiger partial charge is 0.352 e. The Morgan fingerprint density at radius 1 is 1.44 bits per heavy atom. The summed E-state index contributed by atoms with van der Waals surface area (Å²) in [5, 5.41) is 4.65. The quantitative estimate of drug-likeness (QED) is 0.711. The Labute approximate surface area is 91.8 Å². The zero-order chi connectivity index (χ0) is 12.1. The molecule has 0 unspecified atom stereocenters. The molecule has 0 aliphatic rings. The van der Waals surface area contributed by atoms with E-state index in [0.717, 1.165) is 0 Å². The highest BCUT2D eigenvalue weighted by Crippen LogP contribution is 2.09. The van der Waals surface area contributed by atoms with Crippen LogP contribution in [-0.4, -0.2) is 18.0 Å². The van der Waals surface area contributed by atoms with E-state index in [-0.39, 0.29) is 0 Å². The molecule has 0 heterocycles. The first-order valence-electron chi connectivity index (χ1n) is 4.61. The maximum Gasteiger partial charge on any atom is 0.312 e. The van der Waals surface area contributed by atoms with Gasteiger partial charge in [-0.05, 0) is 25.1 Å². The molecule has 1 atom stereocenters. The lowest BCUT2D eigenvalue weighted by atomic mass is 10.2. The van der Waals surface area contributed by atoms with Gasteiger partial charge >= 0.3 is 6.03 Å². The molecule has 0 saturated carbocycles. The van der Waals surface area contributed by atoms with Gasteiger partial charge in [0.1, 0.15) is 11.9 Å². The summed E-state index contributed by atoms with van der Waals surface area (Å²) < 4.78 is 12.8. The van der Waals surface area contributed by atoms with Crippen molar-refractivity contribution in [2.24, 2.45) is 5.73 Å². The molecule has 0 radical (unpaired) electrons. The van der Waals surface area contributed by atoms with Crippen molar-refractivity contribution >= 4 is 17.6 Å². The first-order chi connectivity index (χ1) is 7.49. The van der Waals surface area contributed by atoms with Gasteiger partial charge in [-0.2, -0.15) is 0 Å². The number of carbonyl (C=O) groups is 2. The van der Waals surface area contributed by atoms with E-state index in [1.54, 1.807) is 0 Å². The molecule has 1 aromatic rings. The zero-order valence-electron chi connectivity index (χ0n) is 8.66. The van der Waals surface area contributed by atoms with Gasteiger partial charge < -0.3 is 16.4 Å². The lowest BCUT2D eigenvalue weighted by Crippen LogP contribution is -2.44. The number of rotatable bonds is 3. The fourth-order valence-electron chi connectivity index (χ4n) is 1.10. The third-order valence-corrected chi connectivity index (χ3v) is 1.84. The van der Waals surface area contributed by atoms with Gasteiger partial charge in [-0.25, -0.2) is 9.18 Å². The Balaban J connectivity index is 2.60. The Morgan fingerprint density at radius 2 is 2.12 bits per heavy atom. The second kappa shape index (κ2) is 5.11. The predicted molar refractivity (Wildman–Crippen MR) is 57.2 cm³/mol. The standard InChI is InChI=1S/C10H12FN3O2/c1-6(13-10(12)16)9(15)14-8-4-2-3-7(11)5-8/h2-6H,1H3,(H,14,15)(H3,12,13,16)/t6-/m0/s1. The third-order valence-electron chi connectivity index (χ3n) is 1.84. The topological polar surface area (TPSA) is 84.2 Å². The molecule has 86 valence electrons. The van der Waals surface area contributed by atoms with Gasteiger partial charge in [-0.3, -0.25) is 4.79 Å². The van der Waals surface area contributed by atoms with Gasteiger partial charge in [-0.15, -0.1) is 0 Å². The fourth-order valence-corrected chi connectivity index (χ4v) is 1.10. The fraction of sp³-hybridized carbons (Fsp3) is 0.200. The number of halogens is 1. The number of anilines is 1. The molecule has 0 bridgehead atoms. The number of amides is 3. The van der Waals surface area contributed by atoms with Gasteiger partial charge in [0.15, 0.2) is 0 Å². The molecule has 1 aromatic carbocycles. The van der Waals surface area contributed by atoms with Crippen LogP contribution < -0.4 is 16.4 Å². The zero-order valence-corrected chi connectivity index (χ0v) is 8.66. The maximum atomic E-state index is 12.8. The molecule has 3 amide bonds. The number of benzene rings is 1. The molecule has 0 saturated heterocycles. The first-order valence-corrected chi connectivity index (χ1v) is 4.61. The number of urea groups is 1. The normalized spacial score (nSPS) is 11.6. The van der Waals surface area contributed by atoms with Crippen molar-refractivity contribution in [3.05, 3.63) is 30.1 Å². The molecule has 16 heavy (non-hydrogen) atoms. The average Bonchev–Trinajstić information content (AvgIpc) is 2.16. The first kappa shape index (κ1) is 12.0. The molecule has 0 aliphatic carbocycles. The number of primary amides is 1. The number of carbonyl (C=O) groups excluding carboxylic acids is 2. The molecule has 5 nitrogen and oxygen atoms in total. The highest BCUT2D eigenvalue weighted by molar-refractivity contribution is 5.96. The van der Waals surface area contributed by atoms with Crippen LogP contribution in [0.4, 0.5) is 14.9 Å². The SMILES string of the molecule is C[C@H](NC(N)=O)C(=O)Nc1cccc(F)c1. The van der Waals surface area contributed by atoms with Crippen molar-refractivity contribution in [2.75, 3.05) is 5.32 Å². The Bertz CT molecular complexity index is 409. The van der Waals surface area contributed by atoms with Gasteiger partial charge in [0.05, 0.1) is 0 Å². The number of hydrogen-bond donors (Lipinski definition) is 3. The van der Waals surface area contributed by atoms with Gasteiger partial charge in [0.25, 0.3) is 0 Å². The second-order valence-corrected chi connectivity index (χ2v) is 3.23. The molecule has 6 heteroatoms. The van der Waals surface area contributed by atoms with Crippen LogP contribution in [0.25, 0.3) is 0 Å². The minimum atomic E-state index is -0.790. The van der Waals surface area contributed by atoms with E-state index in [2.05, 4.69) is 10.6 Å². The highest BCUT2D eigenvalue weighted by atomic mass is 19.1. The average molecular weight is 225 g/mol. The van der Waals surface area contributed by atoms with Crippen molar-refractivity contribution in [2.45, 2.75) is 13.0 Å². The molecule has 4 N–H and O–H groups in total. The van der Waals surface area contributed by atoms with E-state index >= 15 is 0 Å². The smallest absolute Gasteiger partial charge is 0.312 e. The van der Waals surface area contributed by atoms with E-state index in [4.69, 9.17) is 5.73 Å². The maximum absolute atomic E-state index is 12.8. The van der Waals surface area contributed by atoms with E-state index in [1.165, 1.54) is 31.2 Å². The minimum Gasteiger partial charge on any atom is -0.352 e. The highest BCUT2D eigenvalue weighted by Gasteiger charge is 2.13. The van der Waals surface area contributed by atoms with Crippen LogP contribution in [0.2, 0.25) is 0 Å². The molecular weight excluding hydrogens is 213 g/mol. The number of nitrogens with two attached hydrogens (primary N) is 1. The third kappa shape index (κ3) is 3.56. The van der Waals surface area contributed by atoms with E-state index in [1.807, 2.05) is 0 Å². The molecule has 0 spiro atoms. The summed E-state index contributed by atoms with van der Waals surface area (Å²) in [7, 11) is 0. The van der Waals surface area contributed by atoms with Crippen molar-refractivity contribution in [1.29, 1.82) is 0 Å². The number of hydrogen-bond acceptors (Lipinski definition) is 2. The van der Waals surface area contributed by atoms with Gasteiger partial charge in [0, 0.05) is 5.69 Å². The van der Waals surface area contributed by atoms with Crippen molar-refractivity contribution < 1.29 is 14.0 Å². The Kier molecular flexibility index (Phi) is 3.82. The van der Waals surface area contributed by atoms with E-state index < -0.39 is 23.8 Å². The van der Waals surface area contributed by atoms with Crippen LogP contribution in [0.3, 0.4) is 0 Å². The van der Waals surface area contributed by atoms with Crippen LogP contribution in [0.5, 0.6) is 0 Å². The molecular formula is C10H12FN3O2. The summed E-state index contributed by atoms with van der Waals surface area (Å²) in [6.07, 6.45) is 0. The van der Waals surface area contributed by atoms with Gasteiger partial charge in [0.2, 0.25) is 5.91 Å². The Hall–Kier alpha value is -2.11. The summed E-state index contributed by atoms with van der Waals surface area (Å²) in [6.45, 7) is 1.47. The molecule has 0 aromatic heterocycles. The molecule has 1 rings (SSSR count). The van der Waals surface area contributed by atoms with E-state index in [0.29, 0.717) is 5.69 Å². The summed E-state index contributed by atoms with van der Waals surface area (Å²) in [4.78, 5) is 21.9. The summed E-state index contributed by atoms with van der Waals surface area (Å²) in [6, 6.07) is 3.88. The summed E-state index contributed by atoms with van der Waals surface area (Å²) in [5.74, 6) is -0.919. The van der Waals surface area contributed by atoms with Crippen LogP contribution in [-0.2, 0) is 4.79 Å². The summed E-state index contributed by atoms with van der Waals surface area (Å²) >= 11 is 0.